The molecule has 0 fully saturated rings. The zero-order chi connectivity index (χ0) is 6.41. The van der Waals surface area contributed by atoms with Crippen LogP contribution in [0.15, 0.2) is 0 Å². The quantitative estimate of drug-likeness (QED) is 0.709. The molecular formula is C6H14O2Zr. The number of rotatable bonds is 4. The Labute approximate surface area is 75.4 Å². The van der Waals surface area contributed by atoms with E-state index in [1.807, 2.05) is 0 Å². The average Bonchev–Trinajstić information content (AvgIpc) is 1.83. The maximum Gasteiger partial charge on any atom is 0.0770 e. The van der Waals surface area contributed by atoms with E-state index in [0.717, 1.165) is 19.3 Å². The second-order valence-electron chi connectivity index (χ2n) is 1.98. The summed E-state index contributed by atoms with van der Waals surface area (Å²) in [6.45, 7) is 1.96. The Morgan fingerprint density at radius 3 is 2.33 bits per heavy atom. The summed E-state index contributed by atoms with van der Waals surface area (Å²) in [7, 11) is 0. The van der Waals surface area contributed by atoms with Gasteiger partial charge in [-0.1, -0.05) is 19.8 Å². The van der Waals surface area contributed by atoms with Crippen molar-refractivity contribution in [2.45, 2.75) is 32.3 Å². The molecule has 2 N–H and O–H groups in total. The Kier molecular flexibility index (Phi) is 12.2. The molecule has 0 saturated carbocycles. The fourth-order valence-electron chi connectivity index (χ4n) is 0.531. The van der Waals surface area contributed by atoms with Gasteiger partial charge in [-0.25, -0.2) is 0 Å². The van der Waals surface area contributed by atoms with Gasteiger partial charge in [0.2, 0.25) is 0 Å². The van der Waals surface area contributed by atoms with Gasteiger partial charge in [-0.3, -0.25) is 0 Å². The van der Waals surface area contributed by atoms with E-state index in [9.17, 15) is 0 Å². The van der Waals surface area contributed by atoms with Gasteiger partial charge in [0.15, 0.2) is 0 Å². The third-order valence-electron chi connectivity index (χ3n) is 1.10. The van der Waals surface area contributed by atoms with Crippen LogP contribution in [0.25, 0.3) is 0 Å². The molecule has 2 nitrogen and oxygen atoms in total. The van der Waals surface area contributed by atoms with Crippen LogP contribution in [0.5, 0.6) is 0 Å². The van der Waals surface area contributed by atoms with Crippen molar-refractivity contribution in [1.82, 2.24) is 0 Å². The van der Waals surface area contributed by atoms with Crippen LogP contribution in [-0.4, -0.2) is 22.9 Å². The summed E-state index contributed by atoms with van der Waals surface area (Å²) in [4.78, 5) is 0. The van der Waals surface area contributed by atoms with Crippen LogP contribution in [0, 0.1) is 0 Å². The number of hydrogen-bond donors (Lipinski definition) is 2. The van der Waals surface area contributed by atoms with Crippen molar-refractivity contribution in [2.24, 2.45) is 0 Å². The maximum atomic E-state index is 8.74. The maximum absolute atomic E-state index is 8.74. The van der Waals surface area contributed by atoms with Gasteiger partial charge in [0.05, 0.1) is 12.7 Å². The van der Waals surface area contributed by atoms with Crippen LogP contribution < -0.4 is 0 Å². The zero-order valence-electron chi connectivity index (χ0n) is 5.80. The first-order valence-corrected chi connectivity index (χ1v) is 3.10. The van der Waals surface area contributed by atoms with E-state index in [-0.39, 0.29) is 32.8 Å². The van der Waals surface area contributed by atoms with Crippen molar-refractivity contribution in [1.29, 1.82) is 0 Å². The Morgan fingerprint density at radius 2 is 2.00 bits per heavy atom. The summed E-state index contributed by atoms with van der Waals surface area (Å²) in [5, 5.41) is 17.1. The molecule has 0 rings (SSSR count). The largest absolute Gasteiger partial charge is 0.394 e. The Balaban J connectivity index is 0. The molecule has 0 aromatic heterocycles. The van der Waals surface area contributed by atoms with Crippen molar-refractivity contribution in [3.05, 3.63) is 0 Å². The second-order valence-corrected chi connectivity index (χ2v) is 1.98. The molecule has 0 aliphatic carbocycles. The molecule has 0 saturated heterocycles. The molecule has 1 unspecified atom stereocenters. The summed E-state index contributed by atoms with van der Waals surface area (Å²) in [6.07, 6.45) is 2.32. The number of aliphatic hydroxyl groups is 2. The van der Waals surface area contributed by atoms with E-state index in [1.165, 1.54) is 0 Å². The van der Waals surface area contributed by atoms with Crippen molar-refractivity contribution < 1.29 is 36.4 Å². The van der Waals surface area contributed by atoms with E-state index < -0.39 is 6.10 Å². The van der Waals surface area contributed by atoms with Crippen LogP contribution in [0.4, 0.5) is 0 Å². The standard InChI is InChI=1S/C6H14O2.Zr/c1-2-3-4-6(8)5-7;/h6-8H,2-5H2,1H3;. The predicted molar refractivity (Wildman–Crippen MR) is 32.6 cm³/mol. The molecule has 9 heavy (non-hydrogen) atoms. The van der Waals surface area contributed by atoms with E-state index >= 15 is 0 Å². The van der Waals surface area contributed by atoms with Crippen LogP contribution in [-0.2, 0) is 26.2 Å². The Morgan fingerprint density at radius 1 is 1.44 bits per heavy atom. The van der Waals surface area contributed by atoms with Crippen molar-refractivity contribution in [2.75, 3.05) is 6.61 Å². The molecule has 0 radical (unpaired) electrons. The average molecular weight is 209 g/mol. The van der Waals surface area contributed by atoms with E-state index in [2.05, 4.69) is 6.92 Å². The third-order valence-corrected chi connectivity index (χ3v) is 1.10. The van der Waals surface area contributed by atoms with E-state index in [0.29, 0.717) is 0 Å². The molecule has 0 aliphatic rings. The van der Waals surface area contributed by atoms with Gasteiger partial charge >= 0.3 is 0 Å². The molecule has 0 aromatic carbocycles. The van der Waals surface area contributed by atoms with Crippen molar-refractivity contribution in [3.63, 3.8) is 0 Å². The monoisotopic (exact) mass is 208 g/mol. The molecule has 0 aliphatic heterocycles. The van der Waals surface area contributed by atoms with E-state index in [1.54, 1.807) is 0 Å². The van der Waals surface area contributed by atoms with Crippen LogP contribution >= 0.6 is 0 Å². The van der Waals surface area contributed by atoms with Crippen LogP contribution in [0.1, 0.15) is 26.2 Å². The normalized spacial score (nSPS) is 12.3. The van der Waals surface area contributed by atoms with E-state index in [4.69, 9.17) is 10.2 Å². The molecule has 54 valence electrons. The van der Waals surface area contributed by atoms with Crippen LogP contribution in [0.3, 0.4) is 0 Å². The Bertz CT molecular complexity index is 50.3. The van der Waals surface area contributed by atoms with Gasteiger partial charge in [0.1, 0.15) is 0 Å². The molecule has 0 aromatic rings. The summed E-state index contributed by atoms with van der Waals surface area (Å²) in [6, 6.07) is 0. The van der Waals surface area contributed by atoms with Crippen LogP contribution in [0.2, 0.25) is 0 Å². The van der Waals surface area contributed by atoms with Gasteiger partial charge in [-0.2, -0.15) is 0 Å². The summed E-state index contributed by atoms with van der Waals surface area (Å²) < 4.78 is 0. The third kappa shape index (κ3) is 8.80. The first-order valence-electron chi connectivity index (χ1n) is 3.10. The molecular weight excluding hydrogens is 195 g/mol. The molecule has 0 spiro atoms. The Hall–Kier alpha value is 0.803. The SMILES string of the molecule is CCCCC(O)CO.[Zr]. The number of aliphatic hydroxyl groups excluding tert-OH is 2. The summed E-state index contributed by atoms with van der Waals surface area (Å²) >= 11 is 0. The smallest absolute Gasteiger partial charge is 0.0770 e. The number of hydrogen-bond acceptors (Lipinski definition) is 2. The van der Waals surface area contributed by atoms with Gasteiger partial charge in [0.25, 0.3) is 0 Å². The van der Waals surface area contributed by atoms with Gasteiger partial charge in [0, 0.05) is 26.2 Å². The van der Waals surface area contributed by atoms with Crippen molar-refractivity contribution in [3.8, 4) is 0 Å². The number of unbranched alkanes of at least 4 members (excludes halogenated alkanes) is 1. The topological polar surface area (TPSA) is 40.5 Å². The fraction of sp³-hybridized carbons (Fsp3) is 1.00. The zero-order valence-corrected chi connectivity index (χ0v) is 8.26. The minimum atomic E-state index is -0.491. The molecule has 0 amide bonds. The second kappa shape index (κ2) is 8.80. The molecule has 0 bridgehead atoms. The van der Waals surface area contributed by atoms with Crippen molar-refractivity contribution >= 4 is 0 Å². The molecule has 1 atom stereocenters. The van der Waals surface area contributed by atoms with Gasteiger partial charge < -0.3 is 10.2 Å². The fourth-order valence-corrected chi connectivity index (χ4v) is 0.531. The summed E-state index contributed by atoms with van der Waals surface area (Å²) in [5.74, 6) is 0. The van der Waals surface area contributed by atoms with Gasteiger partial charge in [-0.15, -0.1) is 0 Å². The first kappa shape index (κ1) is 12.5. The summed E-state index contributed by atoms with van der Waals surface area (Å²) in [5.41, 5.74) is 0. The van der Waals surface area contributed by atoms with Gasteiger partial charge in [-0.05, 0) is 6.42 Å². The predicted octanol–water partition coefficient (Wildman–Crippen LogP) is 0.527. The minimum Gasteiger partial charge on any atom is -0.394 e. The first-order chi connectivity index (χ1) is 3.81. The molecule has 3 heteroatoms. The molecule has 0 heterocycles. The minimum absolute atomic E-state index is 0.